The van der Waals surface area contributed by atoms with E-state index < -0.39 is 17.5 Å². The fourth-order valence-corrected chi connectivity index (χ4v) is 2.92. The van der Waals surface area contributed by atoms with Gasteiger partial charge < -0.3 is 14.7 Å². The van der Waals surface area contributed by atoms with Crippen molar-refractivity contribution in [2.45, 2.75) is 12.1 Å². The normalized spacial score (nSPS) is 19.1. The van der Waals surface area contributed by atoms with E-state index in [-0.39, 0.29) is 12.1 Å². The van der Waals surface area contributed by atoms with Crippen LogP contribution in [0.2, 0.25) is 0 Å². The van der Waals surface area contributed by atoms with Crippen LogP contribution in [0.15, 0.2) is 66.7 Å². The number of benzene rings is 2. The predicted octanol–water partition coefficient (Wildman–Crippen LogP) is 2.15. The Labute approximate surface area is 139 Å². The summed E-state index contributed by atoms with van der Waals surface area (Å²) >= 11 is 0. The van der Waals surface area contributed by atoms with Gasteiger partial charge in [-0.1, -0.05) is 55.1 Å². The standard InChI is InChI=1S/C19H17NO4/c1-13(17(21)24-2)19(23)15-10-6-7-11-16(15)20(18(19)22)12-14-8-4-3-5-9-14/h3-11,23H,1,12H2,2H3/t19-/m0/s1. The molecule has 0 aliphatic carbocycles. The zero-order valence-electron chi connectivity index (χ0n) is 13.2. The van der Waals surface area contributed by atoms with Gasteiger partial charge in [0.2, 0.25) is 5.60 Å². The molecule has 1 atom stereocenters. The smallest absolute Gasteiger partial charge is 0.336 e. The van der Waals surface area contributed by atoms with Crippen molar-refractivity contribution in [1.29, 1.82) is 0 Å². The summed E-state index contributed by atoms with van der Waals surface area (Å²) in [5.74, 6) is -1.43. The highest BCUT2D eigenvalue weighted by molar-refractivity contribution is 6.13. The first-order valence-corrected chi connectivity index (χ1v) is 7.45. The van der Waals surface area contributed by atoms with Crippen LogP contribution >= 0.6 is 0 Å². The zero-order chi connectivity index (χ0) is 17.3. The van der Waals surface area contributed by atoms with Crippen LogP contribution in [0.25, 0.3) is 0 Å². The van der Waals surface area contributed by atoms with Crippen LogP contribution < -0.4 is 4.90 Å². The summed E-state index contributed by atoms with van der Waals surface area (Å²) in [6, 6.07) is 16.3. The van der Waals surface area contributed by atoms with Gasteiger partial charge >= 0.3 is 5.97 Å². The number of rotatable bonds is 4. The Morgan fingerprint density at radius 3 is 2.46 bits per heavy atom. The summed E-state index contributed by atoms with van der Waals surface area (Å²) in [6.07, 6.45) is 0. The molecule has 0 fully saturated rings. The number of nitrogens with zero attached hydrogens (tertiary/aromatic N) is 1. The molecule has 0 saturated heterocycles. The van der Waals surface area contributed by atoms with E-state index in [4.69, 9.17) is 0 Å². The van der Waals surface area contributed by atoms with Crippen molar-refractivity contribution in [3.63, 3.8) is 0 Å². The second-order valence-corrected chi connectivity index (χ2v) is 5.57. The van der Waals surface area contributed by atoms with Crippen LogP contribution in [0.1, 0.15) is 11.1 Å². The molecule has 2 aromatic rings. The number of hydrogen-bond acceptors (Lipinski definition) is 4. The van der Waals surface area contributed by atoms with E-state index in [1.165, 1.54) is 12.0 Å². The van der Waals surface area contributed by atoms with Gasteiger partial charge in [-0.3, -0.25) is 4.79 Å². The molecule has 24 heavy (non-hydrogen) atoms. The Morgan fingerprint density at radius 2 is 1.79 bits per heavy atom. The van der Waals surface area contributed by atoms with Crippen molar-refractivity contribution in [1.82, 2.24) is 0 Å². The fraction of sp³-hybridized carbons (Fsp3) is 0.158. The molecule has 3 rings (SSSR count). The molecule has 0 saturated carbocycles. The molecule has 0 aromatic heterocycles. The number of amides is 1. The van der Waals surface area contributed by atoms with E-state index >= 15 is 0 Å². The van der Waals surface area contributed by atoms with Gasteiger partial charge in [0.05, 0.1) is 24.9 Å². The number of aliphatic hydroxyl groups is 1. The predicted molar refractivity (Wildman–Crippen MR) is 89.1 cm³/mol. The maximum Gasteiger partial charge on any atom is 0.336 e. The van der Waals surface area contributed by atoms with Gasteiger partial charge in [0.25, 0.3) is 5.91 Å². The monoisotopic (exact) mass is 323 g/mol. The molecule has 0 radical (unpaired) electrons. The van der Waals surface area contributed by atoms with E-state index in [9.17, 15) is 14.7 Å². The van der Waals surface area contributed by atoms with Crippen molar-refractivity contribution < 1.29 is 19.4 Å². The number of esters is 1. The van der Waals surface area contributed by atoms with Crippen LogP contribution in [0.4, 0.5) is 5.69 Å². The topological polar surface area (TPSA) is 66.8 Å². The van der Waals surface area contributed by atoms with Crippen molar-refractivity contribution in [3.8, 4) is 0 Å². The zero-order valence-corrected chi connectivity index (χ0v) is 13.2. The molecular weight excluding hydrogens is 306 g/mol. The number of ether oxygens (including phenoxy) is 1. The Morgan fingerprint density at radius 1 is 1.17 bits per heavy atom. The second kappa shape index (κ2) is 5.94. The molecule has 1 N–H and O–H groups in total. The third kappa shape index (κ3) is 2.30. The van der Waals surface area contributed by atoms with Crippen molar-refractivity contribution in [2.24, 2.45) is 0 Å². The number of hydrogen-bond donors (Lipinski definition) is 1. The average Bonchev–Trinajstić information content (AvgIpc) is 2.84. The largest absolute Gasteiger partial charge is 0.466 e. The maximum atomic E-state index is 13.0. The molecule has 1 amide bonds. The van der Waals surface area contributed by atoms with Crippen molar-refractivity contribution in [2.75, 3.05) is 12.0 Å². The van der Waals surface area contributed by atoms with Gasteiger partial charge in [0.1, 0.15) is 0 Å². The van der Waals surface area contributed by atoms with Crippen LogP contribution in [-0.4, -0.2) is 24.1 Å². The summed E-state index contributed by atoms with van der Waals surface area (Å²) in [4.78, 5) is 26.3. The molecule has 0 bridgehead atoms. The Bertz CT molecular complexity index is 815. The lowest BCUT2D eigenvalue weighted by Gasteiger charge is -2.24. The average molecular weight is 323 g/mol. The van der Waals surface area contributed by atoms with Gasteiger partial charge in [-0.2, -0.15) is 0 Å². The van der Waals surface area contributed by atoms with Gasteiger partial charge in [-0.25, -0.2) is 4.79 Å². The van der Waals surface area contributed by atoms with E-state index in [0.717, 1.165) is 5.56 Å². The van der Waals surface area contributed by atoms with E-state index in [1.807, 2.05) is 30.3 Å². The van der Waals surface area contributed by atoms with Crippen LogP contribution in [-0.2, 0) is 26.5 Å². The van der Waals surface area contributed by atoms with E-state index in [1.54, 1.807) is 24.3 Å². The highest BCUT2D eigenvalue weighted by Crippen LogP contribution is 2.44. The summed E-state index contributed by atoms with van der Waals surface area (Å²) in [7, 11) is 1.18. The highest BCUT2D eigenvalue weighted by Gasteiger charge is 2.53. The lowest BCUT2D eigenvalue weighted by atomic mass is 9.88. The van der Waals surface area contributed by atoms with Gasteiger partial charge in [-0.05, 0) is 11.6 Å². The lowest BCUT2D eigenvalue weighted by Crippen LogP contribution is -2.43. The molecule has 0 spiro atoms. The van der Waals surface area contributed by atoms with Crippen molar-refractivity contribution >= 4 is 17.6 Å². The van der Waals surface area contributed by atoms with E-state index in [2.05, 4.69) is 11.3 Å². The minimum Gasteiger partial charge on any atom is -0.466 e. The molecule has 122 valence electrons. The first-order valence-electron chi connectivity index (χ1n) is 7.45. The first-order chi connectivity index (χ1) is 11.5. The molecular formula is C19H17NO4. The molecule has 1 heterocycles. The number of carbonyl (C=O) groups excluding carboxylic acids is 2. The molecule has 5 heteroatoms. The third-order valence-corrected chi connectivity index (χ3v) is 4.19. The molecule has 2 aromatic carbocycles. The Kier molecular flexibility index (Phi) is 3.95. The summed E-state index contributed by atoms with van der Waals surface area (Å²) in [6.45, 7) is 3.88. The summed E-state index contributed by atoms with van der Waals surface area (Å²) < 4.78 is 4.64. The Hall–Kier alpha value is -2.92. The summed E-state index contributed by atoms with van der Waals surface area (Å²) in [5, 5.41) is 11.0. The third-order valence-electron chi connectivity index (χ3n) is 4.19. The maximum absolute atomic E-state index is 13.0. The van der Waals surface area contributed by atoms with Gasteiger partial charge in [0.15, 0.2) is 0 Å². The number of para-hydroxylation sites is 1. The number of carbonyl (C=O) groups is 2. The van der Waals surface area contributed by atoms with Crippen molar-refractivity contribution in [3.05, 3.63) is 77.9 Å². The number of fused-ring (bicyclic) bond motifs is 1. The fourth-order valence-electron chi connectivity index (χ4n) is 2.92. The Balaban J connectivity index is 2.07. The quantitative estimate of drug-likeness (QED) is 0.691. The lowest BCUT2D eigenvalue weighted by molar-refractivity contribution is -0.144. The number of anilines is 1. The van der Waals surface area contributed by atoms with Crippen LogP contribution in [0.5, 0.6) is 0 Å². The first kappa shape index (κ1) is 16.0. The minimum atomic E-state index is -2.11. The molecule has 1 aliphatic heterocycles. The molecule has 0 unspecified atom stereocenters. The van der Waals surface area contributed by atoms with E-state index in [0.29, 0.717) is 11.3 Å². The van der Waals surface area contributed by atoms with Gasteiger partial charge in [0, 0.05) is 5.56 Å². The van der Waals surface area contributed by atoms with Crippen LogP contribution in [0, 0.1) is 0 Å². The highest BCUT2D eigenvalue weighted by atomic mass is 16.5. The second-order valence-electron chi connectivity index (χ2n) is 5.57. The van der Waals surface area contributed by atoms with Crippen LogP contribution in [0.3, 0.4) is 0 Å². The molecule has 1 aliphatic rings. The SMILES string of the molecule is C=C(C(=O)OC)[C@@]1(O)C(=O)N(Cc2ccccc2)c2ccccc21. The molecule has 5 nitrogen and oxygen atoms in total. The van der Waals surface area contributed by atoms with Gasteiger partial charge in [-0.15, -0.1) is 0 Å². The number of methoxy groups -OCH3 is 1. The minimum absolute atomic E-state index is 0.285. The summed E-state index contributed by atoms with van der Waals surface area (Å²) in [5.41, 5.74) is -0.606.